The number of carbonyl (C=O) groups is 2. The van der Waals surface area contributed by atoms with E-state index in [9.17, 15) is 19.8 Å². The Bertz CT molecular complexity index is 1020. The van der Waals surface area contributed by atoms with E-state index in [0.717, 1.165) is 47.3 Å². The highest BCUT2D eigenvalue weighted by Gasteiger charge is 2.38. The summed E-state index contributed by atoms with van der Waals surface area (Å²) in [6, 6.07) is 15.8. The van der Waals surface area contributed by atoms with Crippen molar-refractivity contribution in [1.29, 1.82) is 0 Å². The Hall–Kier alpha value is -2.43. The molecule has 39 heavy (non-hydrogen) atoms. The first-order valence-corrected chi connectivity index (χ1v) is 14.9. The van der Waals surface area contributed by atoms with Crippen LogP contribution in [0.25, 0.3) is 0 Å². The van der Waals surface area contributed by atoms with Crippen LogP contribution in [0.4, 0.5) is 0 Å². The fraction of sp³-hybridized carbons (Fsp3) is 0.533. The number of amides is 2. The van der Waals surface area contributed by atoms with Crippen molar-refractivity contribution in [1.82, 2.24) is 10.6 Å². The fourth-order valence-corrected chi connectivity index (χ4v) is 5.42. The van der Waals surface area contributed by atoms with Crippen molar-refractivity contribution < 1.29 is 29.3 Å². The maximum Gasteiger partial charge on any atom is 0.220 e. The van der Waals surface area contributed by atoms with Crippen LogP contribution in [0, 0.1) is 5.92 Å². The van der Waals surface area contributed by atoms with Crippen LogP contribution in [0.1, 0.15) is 74.2 Å². The van der Waals surface area contributed by atoms with E-state index in [1.165, 1.54) is 6.92 Å². The molecule has 4 atom stereocenters. The van der Waals surface area contributed by atoms with E-state index in [2.05, 4.69) is 17.6 Å². The van der Waals surface area contributed by atoms with Crippen LogP contribution >= 0.6 is 11.8 Å². The highest BCUT2D eigenvalue weighted by Crippen LogP contribution is 2.42. The predicted molar refractivity (Wildman–Crippen MR) is 153 cm³/mol. The van der Waals surface area contributed by atoms with Crippen molar-refractivity contribution in [2.24, 2.45) is 5.92 Å². The zero-order valence-corrected chi connectivity index (χ0v) is 23.8. The topological polar surface area (TPSA) is 117 Å². The summed E-state index contributed by atoms with van der Waals surface area (Å²) in [7, 11) is 0. The summed E-state index contributed by atoms with van der Waals surface area (Å²) in [5.41, 5.74) is 3.80. The summed E-state index contributed by atoms with van der Waals surface area (Å²) < 4.78 is 12.9. The highest BCUT2D eigenvalue weighted by atomic mass is 32.2. The smallest absolute Gasteiger partial charge is 0.220 e. The fourth-order valence-electron chi connectivity index (χ4n) is 4.51. The normalized spacial score (nSPS) is 20.9. The summed E-state index contributed by atoms with van der Waals surface area (Å²) in [5, 5.41) is 24.4. The molecule has 0 aliphatic carbocycles. The number of rotatable bonds is 15. The zero-order valence-electron chi connectivity index (χ0n) is 22.9. The lowest BCUT2D eigenvalue weighted by Gasteiger charge is -2.41. The molecule has 214 valence electrons. The van der Waals surface area contributed by atoms with Gasteiger partial charge in [-0.1, -0.05) is 61.9 Å². The summed E-state index contributed by atoms with van der Waals surface area (Å²) in [6.07, 6.45) is 2.26. The number of benzene rings is 2. The monoisotopic (exact) mass is 558 g/mol. The minimum absolute atomic E-state index is 0.000253. The first-order valence-electron chi connectivity index (χ1n) is 13.7. The maximum atomic E-state index is 12.2. The summed E-state index contributed by atoms with van der Waals surface area (Å²) >= 11 is 1.67. The minimum atomic E-state index is -0.537. The summed E-state index contributed by atoms with van der Waals surface area (Å²) in [4.78, 5) is 23.1. The van der Waals surface area contributed by atoms with Crippen molar-refractivity contribution in [2.75, 3.05) is 24.7 Å². The SMILES string of the molecule is CC(=O)NCCCCCC(=O)NCc1ccc([C@@H]2O[C@H](CSCCO)[C@H](C)[C@H](c3ccc(CO)cc3)O2)cc1. The summed E-state index contributed by atoms with van der Waals surface area (Å²) in [5.74, 6) is 1.51. The van der Waals surface area contributed by atoms with Gasteiger partial charge in [-0.05, 0) is 29.5 Å². The van der Waals surface area contributed by atoms with E-state index in [1.807, 2.05) is 48.5 Å². The third-order valence-corrected chi connectivity index (χ3v) is 7.87. The van der Waals surface area contributed by atoms with Gasteiger partial charge < -0.3 is 30.3 Å². The first-order chi connectivity index (χ1) is 18.9. The van der Waals surface area contributed by atoms with Crippen LogP contribution < -0.4 is 10.6 Å². The largest absolute Gasteiger partial charge is 0.396 e. The molecular formula is C30H42N2O6S. The van der Waals surface area contributed by atoms with Crippen LogP contribution in [0.15, 0.2) is 48.5 Å². The van der Waals surface area contributed by atoms with Gasteiger partial charge in [0.05, 0.1) is 25.4 Å². The molecule has 0 radical (unpaired) electrons. The van der Waals surface area contributed by atoms with Crippen LogP contribution in [0.3, 0.4) is 0 Å². The Kier molecular flexibility index (Phi) is 13.3. The van der Waals surface area contributed by atoms with E-state index in [0.29, 0.717) is 25.3 Å². The Labute approximate surface area is 235 Å². The predicted octanol–water partition coefficient (Wildman–Crippen LogP) is 4.01. The second kappa shape index (κ2) is 16.6. The van der Waals surface area contributed by atoms with Gasteiger partial charge in [-0.15, -0.1) is 0 Å². The molecule has 0 aromatic heterocycles. The van der Waals surface area contributed by atoms with Crippen molar-refractivity contribution >= 4 is 23.6 Å². The average molecular weight is 559 g/mol. The minimum Gasteiger partial charge on any atom is -0.396 e. The molecule has 2 aromatic rings. The third kappa shape index (κ3) is 10.2. The van der Waals surface area contributed by atoms with Gasteiger partial charge in [-0.3, -0.25) is 9.59 Å². The third-order valence-electron chi connectivity index (χ3n) is 6.84. The highest BCUT2D eigenvalue weighted by molar-refractivity contribution is 7.99. The van der Waals surface area contributed by atoms with Gasteiger partial charge in [0.15, 0.2) is 6.29 Å². The van der Waals surface area contributed by atoms with Gasteiger partial charge in [-0.2, -0.15) is 11.8 Å². The molecule has 1 saturated heterocycles. The molecule has 4 N–H and O–H groups in total. The Morgan fingerprint density at radius 2 is 1.59 bits per heavy atom. The number of thioether (sulfide) groups is 1. The van der Waals surface area contributed by atoms with Crippen LogP contribution in [0.2, 0.25) is 0 Å². The van der Waals surface area contributed by atoms with Gasteiger partial charge in [0.1, 0.15) is 0 Å². The molecule has 0 saturated carbocycles. The molecule has 2 amide bonds. The number of unbranched alkanes of at least 4 members (excludes halogenated alkanes) is 2. The van der Waals surface area contributed by atoms with Gasteiger partial charge >= 0.3 is 0 Å². The van der Waals surface area contributed by atoms with E-state index in [1.54, 1.807) is 11.8 Å². The number of hydrogen-bond acceptors (Lipinski definition) is 7. The van der Waals surface area contributed by atoms with Crippen molar-refractivity contribution in [3.8, 4) is 0 Å². The maximum absolute atomic E-state index is 12.2. The molecule has 1 aliphatic rings. The molecular weight excluding hydrogens is 516 g/mol. The molecule has 0 unspecified atom stereocenters. The quantitative estimate of drug-likeness (QED) is 0.244. The lowest BCUT2D eigenvalue weighted by atomic mass is 9.91. The average Bonchev–Trinajstić information content (AvgIpc) is 2.95. The Morgan fingerprint density at radius 3 is 2.26 bits per heavy atom. The van der Waals surface area contributed by atoms with E-state index < -0.39 is 6.29 Å². The molecule has 9 heteroatoms. The van der Waals surface area contributed by atoms with E-state index >= 15 is 0 Å². The first kappa shape index (κ1) is 31.1. The Balaban J connectivity index is 1.56. The van der Waals surface area contributed by atoms with Gasteiger partial charge in [0.2, 0.25) is 11.8 Å². The number of aliphatic hydroxyl groups is 2. The van der Waals surface area contributed by atoms with E-state index in [4.69, 9.17) is 9.47 Å². The standard InChI is InChI=1S/C30H42N2O6S/c1-21-27(20-39-17-16-33)37-30(38-29(21)25-11-9-24(19-34)10-12-25)26-13-7-23(8-14-26)18-32-28(36)6-4-3-5-15-31-22(2)35/h7-14,21,27,29-30,33-34H,3-6,15-20H2,1-2H3,(H,31,35)(H,32,36)/t21-,27+,29+,30+/m0/s1. The number of carbonyl (C=O) groups excluding carboxylic acids is 2. The second-order valence-corrected chi connectivity index (χ2v) is 11.1. The number of hydrogen-bond donors (Lipinski definition) is 4. The molecule has 1 heterocycles. The van der Waals surface area contributed by atoms with Crippen molar-refractivity contribution in [3.63, 3.8) is 0 Å². The van der Waals surface area contributed by atoms with Gasteiger partial charge in [0.25, 0.3) is 0 Å². The van der Waals surface area contributed by atoms with Gasteiger partial charge in [0, 0.05) is 49.4 Å². The van der Waals surface area contributed by atoms with Crippen LogP contribution in [0.5, 0.6) is 0 Å². The molecule has 3 rings (SSSR count). The zero-order chi connectivity index (χ0) is 28.0. The molecule has 2 aromatic carbocycles. The second-order valence-electron chi connectivity index (χ2n) is 9.93. The molecule has 0 bridgehead atoms. The van der Waals surface area contributed by atoms with Crippen LogP contribution in [-0.4, -0.2) is 52.8 Å². The van der Waals surface area contributed by atoms with Crippen molar-refractivity contribution in [2.45, 2.75) is 71.2 Å². The lowest BCUT2D eigenvalue weighted by molar-refractivity contribution is -0.268. The van der Waals surface area contributed by atoms with Crippen molar-refractivity contribution in [3.05, 3.63) is 70.8 Å². The Morgan fingerprint density at radius 1 is 0.897 bits per heavy atom. The lowest BCUT2D eigenvalue weighted by Crippen LogP contribution is -2.38. The molecule has 1 aliphatic heterocycles. The molecule has 0 spiro atoms. The number of ether oxygens (including phenoxy) is 2. The summed E-state index contributed by atoms with van der Waals surface area (Å²) in [6.45, 7) is 4.86. The van der Waals surface area contributed by atoms with E-state index in [-0.39, 0.29) is 43.2 Å². The number of aliphatic hydroxyl groups excluding tert-OH is 2. The van der Waals surface area contributed by atoms with Gasteiger partial charge in [-0.25, -0.2) is 0 Å². The number of nitrogens with one attached hydrogen (secondary N) is 2. The van der Waals surface area contributed by atoms with Crippen LogP contribution in [-0.2, 0) is 32.2 Å². The molecule has 8 nitrogen and oxygen atoms in total. The molecule has 1 fully saturated rings.